The van der Waals surface area contributed by atoms with Crippen molar-refractivity contribution in [3.05, 3.63) is 35.9 Å². The highest BCUT2D eigenvalue weighted by molar-refractivity contribution is 5.19. The molecule has 2 heteroatoms. The summed E-state index contributed by atoms with van der Waals surface area (Å²) in [6, 6.07) is 10.5. The SMILES string of the molecule is N[C@@H](c1ccccc1)C1CCOCC1. The zero-order valence-corrected chi connectivity index (χ0v) is 8.36. The molecule has 0 spiro atoms. The summed E-state index contributed by atoms with van der Waals surface area (Å²) in [4.78, 5) is 0. The van der Waals surface area contributed by atoms with Gasteiger partial charge in [0.1, 0.15) is 0 Å². The van der Waals surface area contributed by atoms with Gasteiger partial charge in [0.05, 0.1) is 0 Å². The molecule has 0 radical (unpaired) electrons. The summed E-state index contributed by atoms with van der Waals surface area (Å²) in [5.74, 6) is 0.589. The van der Waals surface area contributed by atoms with E-state index in [1.54, 1.807) is 0 Å². The highest BCUT2D eigenvalue weighted by atomic mass is 16.5. The molecule has 2 N–H and O–H groups in total. The molecule has 2 rings (SSSR count). The summed E-state index contributed by atoms with van der Waals surface area (Å²) in [5.41, 5.74) is 7.46. The minimum absolute atomic E-state index is 0.181. The van der Waals surface area contributed by atoms with E-state index < -0.39 is 0 Å². The summed E-state index contributed by atoms with van der Waals surface area (Å²) in [6.45, 7) is 1.73. The molecule has 0 aromatic heterocycles. The third-order valence-corrected chi connectivity index (χ3v) is 2.96. The molecule has 1 saturated heterocycles. The Morgan fingerprint density at radius 2 is 1.79 bits per heavy atom. The Morgan fingerprint density at radius 1 is 1.14 bits per heavy atom. The van der Waals surface area contributed by atoms with Gasteiger partial charge >= 0.3 is 0 Å². The molecule has 1 atom stereocenters. The second-order valence-electron chi connectivity index (χ2n) is 3.89. The molecule has 1 aromatic carbocycles. The Balaban J connectivity index is 2.03. The third kappa shape index (κ3) is 2.14. The van der Waals surface area contributed by atoms with E-state index in [1.165, 1.54) is 5.56 Å². The quantitative estimate of drug-likeness (QED) is 0.777. The maximum absolute atomic E-state index is 6.21. The van der Waals surface area contributed by atoms with Crippen LogP contribution in [-0.4, -0.2) is 13.2 Å². The minimum Gasteiger partial charge on any atom is -0.381 e. The van der Waals surface area contributed by atoms with E-state index in [9.17, 15) is 0 Å². The Labute approximate surface area is 85.1 Å². The van der Waals surface area contributed by atoms with Gasteiger partial charge in [0.25, 0.3) is 0 Å². The number of rotatable bonds is 2. The number of ether oxygens (including phenoxy) is 1. The summed E-state index contributed by atoms with van der Waals surface area (Å²) in [6.07, 6.45) is 2.19. The van der Waals surface area contributed by atoms with Crippen molar-refractivity contribution in [2.24, 2.45) is 11.7 Å². The van der Waals surface area contributed by atoms with Gasteiger partial charge in [0.15, 0.2) is 0 Å². The average Bonchev–Trinajstić information content (AvgIpc) is 2.30. The molecule has 1 fully saturated rings. The lowest BCUT2D eigenvalue weighted by atomic mass is 9.88. The molecule has 2 nitrogen and oxygen atoms in total. The number of hydrogen-bond donors (Lipinski definition) is 1. The molecule has 0 saturated carbocycles. The molecule has 76 valence electrons. The molecule has 0 amide bonds. The Hall–Kier alpha value is -0.860. The van der Waals surface area contributed by atoms with E-state index in [2.05, 4.69) is 24.3 Å². The highest BCUT2D eigenvalue weighted by Crippen LogP contribution is 2.27. The first-order valence-corrected chi connectivity index (χ1v) is 5.26. The second kappa shape index (κ2) is 4.58. The largest absolute Gasteiger partial charge is 0.381 e. The second-order valence-corrected chi connectivity index (χ2v) is 3.89. The lowest BCUT2D eigenvalue weighted by Gasteiger charge is -2.27. The third-order valence-electron chi connectivity index (χ3n) is 2.96. The van der Waals surface area contributed by atoms with Crippen molar-refractivity contribution in [3.8, 4) is 0 Å². The Morgan fingerprint density at radius 3 is 2.43 bits per heavy atom. The van der Waals surface area contributed by atoms with E-state index in [0.717, 1.165) is 26.1 Å². The van der Waals surface area contributed by atoms with Crippen LogP contribution in [0.1, 0.15) is 24.4 Å². The molecule has 1 aromatic rings. The fourth-order valence-electron chi connectivity index (χ4n) is 2.02. The fourth-order valence-corrected chi connectivity index (χ4v) is 2.02. The fraction of sp³-hybridized carbons (Fsp3) is 0.500. The van der Waals surface area contributed by atoms with E-state index in [1.807, 2.05) is 6.07 Å². The van der Waals surface area contributed by atoms with E-state index in [0.29, 0.717) is 5.92 Å². The predicted molar refractivity (Wildman–Crippen MR) is 56.9 cm³/mol. The molecule has 1 heterocycles. The van der Waals surface area contributed by atoms with Gasteiger partial charge in [-0.25, -0.2) is 0 Å². The molecule has 0 unspecified atom stereocenters. The van der Waals surface area contributed by atoms with Crippen LogP contribution in [0.2, 0.25) is 0 Å². The van der Waals surface area contributed by atoms with Crippen LogP contribution in [0.4, 0.5) is 0 Å². The maximum Gasteiger partial charge on any atom is 0.0469 e. The van der Waals surface area contributed by atoms with Crippen LogP contribution in [0, 0.1) is 5.92 Å². The van der Waals surface area contributed by atoms with Crippen LogP contribution in [0.3, 0.4) is 0 Å². The first-order chi connectivity index (χ1) is 6.88. The van der Waals surface area contributed by atoms with E-state index >= 15 is 0 Å². The highest BCUT2D eigenvalue weighted by Gasteiger charge is 2.21. The number of nitrogens with two attached hydrogens (primary N) is 1. The van der Waals surface area contributed by atoms with Crippen molar-refractivity contribution in [2.45, 2.75) is 18.9 Å². The van der Waals surface area contributed by atoms with Gasteiger partial charge in [-0.05, 0) is 24.3 Å². The van der Waals surface area contributed by atoms with Crippen LogP contribution >= 0.6 is 0 Å². The topological polar surface area (TPSA) is 35.2 Å². The van der Waals surface area contributed by atoms with E-state index in [4.69, 9.17) is 10.5 Å². The monoisotopic (exact) mass is 191 g/mol. The van der Waals surface area contributed by atoms with Crippen LogP contribution in [0.15, 0.2) is 30.3 Å². The Bertz CT molecular complexity index is 267. The lowest BCUT2D eigenvalue weighted by Crippen LogP contribution is -2.27. The summed E-state index contributed by atoms with van der Waals surface area (Å²) in [5, 5.41) is 0. The Kier molecular flexibility index (Phi) is 3.17. The van der Waals surface area contributed by atoms with Crippen molar-refractivity contribution in [2.75, 3.05) is 13.2 Å². The summed E-state index contributed by atoms with van der Waals surface area (Å²) < 4.78 is 5.33. The standard InChI is InChI=1S/C12H17NO/c13-12(10-4-2-1-3-5-10)11-6-8-14-9-7-11/h1-5,11-12H,6-9,13H2/t12-/m0/s1. The van der Waals surface area contributed by atoms with Crippen molar-refractivity contribution in [3.63, 3.8) is 0 Å². The lowest BCUT2D eigenvalue weighted by molar-refractivity contribution is 0.0584. The van der Waals surface area contributed by atoms with Gasteiger partial charge in [-0.2, -0.15) is 0 Å². The summed E-state index contributed by atoms with van der Waals surface area (Å²) >= 11 is 0. The van der Waals surface area contributed by atoms with Crippen LogP contribution in [0.25, 0.3) is 0 Å². The van der Waals surface area contributed by atoms with Gasteiger partial charge in [-0.1, -0.05) is 30.3 Å². The molecular formula is C12H17NO. The average molecular weight is 191 g/mol. The zero-order chi connectivity index (χ0) is 9.80. The number of hydrogen-bond acceptors (Lipinski definition) is 2. The van der Waals surface area contributed by atoms with Crippen LogP contribution < -0.4 is 5.73 Å². The normalized spacial score (nSPS) is 20.6. The van der Waals surface area contributed by atoms with Gasteiger partial charge in [-0.3, -0.25) is 0 Å². The first kappa shape index (κ1) is 9.69. The summed E-state index contributed by atoms with van der Waals surface area (Å²) in [7, 11) is 0. The van der Waals surface area contributed by atoms with Crippen LogP contribution in [-0.2, 0) is 4.74 Å². The van der Waals surface area contributed by atoms with Gasteiger partial charge in [0.2, 0.25) is 0 Å². The number of benzene rings is 1. The molecular weight excluding hydrogens is 174 g/mol. The predicted octanol–water partition coefficient (Wildman–Crippen LogP) is 2.11. The van der Waals surface area contributed by atoms with E-state index in [-0.39, 0.29) is 6.04 Å². The first-order valence-electron chi connectivity index (χ1n) is 5.26. The van der Waals surface area contributed by atoms with Gasteiger partial charge in [-0.15, -0.1) is 0 Å². The van der Waals surface area contributed by atoms with Gasteiger partial charge < -0.3 is 10.5 Å². The smallest absolute Gasteiger partial charge is 0.0469 e. The van der Waals surface area contributed by atoms with Gasteiger partial charge in [0, 0.05) is 19.3 Å². The molecule has 0 aliphatic carbocycles. The molecule has 1 aliphatic rings. The maximum atomic E-state index is 6.21. The molecule has 0 bridgehead atoms. The van der Waals surface area contributed by atoms with Crippen LogP contribution in [0.5, 0.6) is 0 Å². The zero-order valence-electron chi connectivity index (χ0n) is 8.36. The van der Waals surface area contributed by atoms with Crippen molar-refractivity contribution in [1.82, 2.24) is 0 Å². The van der Waals surface area contributed by atoms with Crippen molar-refractivity contribution < 1.29 is 4.74 Å². The van der Waals surface area contributed by atoms with Crippen molar-refractivity contribution >= 4 is 0 Å². The molecule has 14 heavy (non-hydrogen) atoms. The minimum atomic E-state index is 0.181. The van der Waals surface area contributed by atoms with Crippen molar-refractivity contribution in [1.29, 1.82) is 0 Å². The molecule has 1 aliphatic heterocycles.